The predicted octanol–water partition coefficient (Wildman–Crippen LogP) is 4.51. The zero-order chi connectivity index (χ0) is 13.6. The lowest BCUT2D eigenvalue weighted by Gasteiger charge is -1.99. The van der Waals surface area contributed by atoms with Gasteiger partial charge in [0, 0.05) is 5.57 Å². The summed E-state index contributed by atoms with van der Waals surface area (Å²) in [5, 5.41) is 0. The van der Waals surface area contributed by atoms with E-state index in [4.69, 9.17) is 5.73 Å². The molecule has 0 aromatic rings. The SMILES string of the molecule is CCCCCCCCCC/C=C/C=C(\C)C(N)=O. The van der Waals surface area contributed by atoms with Crippen LogP contribution >= 0.6 is 0 Å². The van der Waals surface area contributed by atoms with Crippen LogP contribution in [-0.4, -0.2) is 5.91 Å². The molecule has 0 saturated heterocycles. The second-order valence-electron chi connectivity index (χ2n) is 4.91. The highest BCUT2D eigenvalue weighted by Crippen LogP contribution is 2.09. The quantitative estimate of drug-likeness (QED) is 0.328. The molecule has 18 heavy (non-hydrogen) atoms. The molecule has 0 aliphatic rings. The number of amides is 1. The van der Waals surface area contributed by atoms with E-state index in [1.165, 1.54) is 51.4 Å². The van der Waals surface area contributed by atoms with E-state index < -0.39 is 0 Å². The van der Waals surface area contributed by atoms with Crippen molar-refractivity contribution in [3.05, 3.63) is 23.8 Å². The minimum Gasteiger partial charge on any atom is -0.366 e. The molecule has 1 amide bonds. The summed E-state index contributed by atoms with van der Waals surface area (Å²) in [6.07, 6.45) is 17.7. The van der Waals surface area contributed by atoms with Gasteiger partial charge in [-0.2, -0.15) is 0 Å². The molecule has 0 spiro atoms. The van der Waals surface area contributed by atoms with Crippen molar-refractivity contribution in [2.24, 2.45) is 5.73 Å². The highest BCUT2D eigenvalue weighted by atomic mass is 16.1. The summed E-state index contributed by atoms with van der Waals surface area (Å²) in [4.78, 5) is 10.7. The molecule has 0 radical (unpaired) electrons. The Morgan fingerprint density at radius 1 is 1.00 bits per heavy atom. The van der Waals surface area contributed by atoms with E-state index in [2.05, 4.69) is 13.0 Å². The lowest BCUT2D eigenvalue weighted by atomic mass is 10.1. The van der Waals surface area contributed by atoms with E-state index in [1.807, 2.05) is 6.08 Å². The van der Waals surface area contributed by atoms with Gasteiger partial charge in [-0.05, 0) is 19.8 Å². The first-order valence-electron chi connectivity index (χ1n) is 7.31. The summed E-state index contributed by atoms with van der Waals surface area (Å²) < 4.78 is 0. The minimum atomic E-state index is -0.341. The molecular formula is C16H29NO. The topological polar surface area (TPSA) is 43.1 Å². The summed E-state index contributed by atoms with van der Waals surface area (Å²) in [6, 6.07) is 0. The average molecular weight is 251 g/mol. The van der Waals surface area contributed by atoms with Crippen LogP contribution in [-0.2, 0) is 4.79 Å². The van der Waals surface area contributed by atoms with E-state index in [1.54, 1.807) is 13.0 Å². The van der Waals surface area contributed by atoms with Crippen molar-refractivity contribution in [1.82, 2.24) is 0 Å². The van der Waals surface area contributed by atoms with Crippen molar-refractivity contribution in [3.63, 3.8) is 0 Å². The maximum absolute atomic E-state index is 10.7. The van der Waals surface area contributed by atoms with Crippen LogP contribution in [0.25, 0.3) is 0 Å². The number of carbonyl (C=O) groups is 1. The monoisotopic (exact) mass is 251 g/mol. The van der Waals surface area contributed by atoms with Crippen molar-refractivity contribution < 1.29 is 4.79 Å². The molecule has 0 bridgehead atoms. The highest BCUT2D eigenvalue weighted by molar-refractivity contribution is 5.91. The van der Waals surface area contributed by atoms with Crippen LogP contribution in [0.1, 0.15) is 71.6 Å². The van der Waals surface area contributed by atoms with Crippen LogP contribution in [0.5, 0.6) is 0 Å². The molecule has 0 atom stereocenters. The fraction of sp³-hybridized carbons (Fsp3) is 0.688. The van der Waals surface area contributed by atoms with E-state index in [9.17, 15) is 4.79 Å². The molecular weight excluding hydrogens is 222 g/mol. The number of rotatable bonds is 11. The lowest BCUT2D eigenvalue weighted by Crippen LogP contribution is -2.11. The summed E-state index contributed by atoms with van der Waals surface area (Å²) in [5.74, 6) is -0.341. The molecule has 0 aromatic heterocycles. The van der Waals surface area contributed by atoms with Gasteiger partial charge in [-0.3, -0.25) is 4.79 Å². The van der Waals surface area contributed by atoms with Crippen LogP contribution in [0.2, 0.25) is 0 Å². The molecule has 0 rings (SSSR count). The first-order valence-corrected chi connectivity index (χ1v) is 7.31. The number of hydrogen-bond donors (Lipinski definition) is 1. The van der Waals surface area contributed by atoms with Gasteiger partial charge < -0.3 is 5.73 Å². The molecule has 0 fully saturated rings. The maximum atomic E-state index is 10.7. The van der Waals surface area contributed by atoms with Gasteiger partial charge in [-0.15, -0.1) is 0 Å². The van der Waals surface area contributed by atoms with Gasteiger partial charge in [0.2, 0.25) is 5.91 Å². The zero-order valence-electron chi connectivity index (χ0n) is 12.1. The second kappa shape index (κ2) is 12.4. The molecule has 0 unspecified atom stereocenters. The number of nitrogens with two attached hydrogens (primary N) is 1. The summed E-state index contributed by atoms with van der Waals surface area (Å²) >= 11 is 0. The van der Waals surface area contributed by atoms with Gasteiger partial charge in [0.15, 0.2) is 0 Å². The summed E-state index contributed by atoms with van der Waals surface area (Å²) in [6.45, 7) is 3.99. The van der Waals surface area contributed by atoms with E-state index in [0.29, 0.717) is 5.57 Å². The third kappa shape index (κ3) is 11.4. The van der Waals surface area contributed by atoms with E-state index >= 15 is 0 Å². The van der Waals surface area contributed by atoms with E-state index in [0.717, 1.165) is 6.42 Å². The molecule has 0 heterocycles. The first-order chi connectivity index (χ1) is 8.68. The summed E-state index contributed by atoms with van der Waals surface area (Å²) in [5.41, 5.74) is 5.74. The van der Waals surface area contributed by atoms with Gasteiger partial charge in [0.1, 0.15) is 0 Å². The predicted molar refractivity (Wildman–Crippen MR) is 79.3 cm³/mol. The van der Waals surface area contributed by atoms with Crippen LogP contribution in [0.15, 0.2) is 23.8 Å². The Labute approximate surface area is 112 Å². The number of allylic oxidation sites excluding steroid dienone is 3. The first kappa shape index (κ1) is 16.9. The zero-order valence-corrected chi connectivity index (χ0v) is 12.1. The Morgan fingerprint density at radius 3 is 2.11 bits per heavy atom. The van der Waals surface area contributed by atoms with Gasteiger partial charge in [0.05, 0.1) is 0 Å². The average Bonchev–Trinajstić information content (AvgIpc) is 2.35. The van der Waals surface area contributed by atoms with Crippen molar-refractivity contribution >= 4 is 5.91 Å². The van der Waals surface area contributed by atoms with Crippen molar-refractivity contribution in [3.8, 4) is 0 Å². The summed E-state index contributed by atoms with van der Waals surface area (Å²) in [7, 11) is 0. The number of primary amides is 1. The maximum Gasteiger partial charge on any atom is 0.244 e. The lowest BCUT2D eigenvalue weighted by molar-refractivity contribution is -0.114. The van der Waals surface area contributed by atoms with Crippen molar-refractivity contribution in [1.29, 1.82) is 0 Å². The van der Waals surface area contributed by atoms with Crippen LogP contribution in [0.4, 0.5) is 0 Å². The van der Waals surface area contributed by atoms with Crippen molar-refractivity contribution in [2.45, 2.75) is 71.6 Å². The number of hydrogen-bond acceptors (Lipinski definition) is 1. The molecule has 0 aromatic carbocycles. The fourth-order valence-electron chi connectivity index (χ4n) is 1.79. The standard InChI is InChI=1S/C16H29NO/c1-3-4-5-6-7-8-9-10-11-12-13-14-15(2)16(17)18/h12-14H,3-11H2,1-2H3,(H2,17,18)/b13-12+,15-14+. The third-order valence-electron chi connectivity index (χ3n) is 3.10. The molecule has 0 aliphatic carbocycles. The van der Waals surface area contributed by atoms with Gasteiger partial charge in [-0.1, -0.05) is 70.1 Å². The Bertz CT molecular complexity index is 266. The fourth-order valence-corrected chi connectivity index (χ4v) is 1.79. The van der Waals surface area contributed by atoms with Crippen LogP contribution < -0.4 is 5.73 Å². The van der Waals surface area contributed by atoms with Crippen LogP contribution in [0.3, 0.4) is 0 Å². The van der Waals surface area contributed by atoms with Crippen LogP contribution in [0, 0.1) is 0 Å². The second-order valence-corrected chi connectivity index (χ2v) is 4.91. The van der Waals surface area contributed by atoms with Gasteiger partial charge in [0.25, 0.3) is 0 Å². The van der Waals surface area contributed by atoms with Gasteiger partial charge in [-0.25, -0.2) is 0 Å². The van der Waals surface area contributed by atoms with Crippen molar-refractivity contribution in [2.75, 3.05) is 0 Å². The third-order valence-corrected chi connectivity index (χ3v) is 3.10. The Kier molecular flexibility index (Phi) is 11.7. The normalized spacial score (nSPS) is 12.2. The Balaban J connectivity index is 3.33. The minimum absolute atomic E-state index is 0.341. The molecule has 2 nitrogen and oxygen atoms in total. The molecule has 2 N–H and O–H groups in total. The van der Waals surface area contributed by atoms with E-state index in [-0.39, 0.29) is 5.91 Å². The molecule has 2 heteroatoms. The highest BCUT2D eigenvalue weighted by Gasteiger charge is 1.93. The molecule has 0 aliphatic heterocycles. The largest absolute Gasteiger partial charge is 0.366 e. The number of carbonyl (C=O) groups excluding carboxylic acids is 1. The number of unbranched alkanes of at least 4 members (excludes halogenated alkanes) is 8. The smallest absolute Gasteiger partial charge is 0.244 e. The molecule has 104 valence electrons. The molecule has 0 saturated carbocycles. The Morgan fingerprint density at radius 2 is 1.56 bits per heavy atom. The van der Waals surface area contributed by atoms with Gasteiger partial charge >= 0.3 is 0 Å². The Hall–Kier alpha value is -1.05.